The summed E-state index contributed by atoms with van der Waals surface area (Å²) >= 11 is 2.64. The first-order valence-electron chi connectivity index (χ1n) is 8.51. The molecule has 2 N–H and O–H groups in total. The van der Waals surface area contributed by atoms with Crippen molar-refractivity contribution in [3.05, 3.63) is 57.4 Å². The second-order valence-corrected chi connectivity index (χ2v) is 8.43. The number of hydrogen-bond acceptors (Lipinski definition) is 5. The third kappa shape index (κ3) is 3.10. The zero-order valence-electron chi connectivity index (χ0n) is 15.4. The maximum atomic E-state index is 12.8. The number of benzene rings is 1. The van der Waals surface area contributed by atoms with Gasteiger partial charge in [0.25, 0.3) is 5.91 Å². The molecule has 0 bridgehead atoms. The Morgan fingerprint density at radius 1 is 1.18 bits per heavy atom. The predicted molar refractivity (Wildman–Crippen MR) is 113 cm³/mol. The Morgan fingerprint density at radius 2 is 1.89 bits per heavy atom. The first-order chi connectivity index (χ1) is 13.3. The van der Waals surface area contributed by atoms with E-state index in [4.69, 9.17) is 0 Å². The first kappa shape index (κ1) is 18.4. The highest BCUT2D eigenvalue weighted by atomic mass is 32.1. The molecule has 1 aromatic carbocycles. The van der Waals surface area contributed by atoms with Gasteiger partial charge < -0.3 is 10.4 Å². The van der Waals surface area contributed by atoms with Crippen molar-refractivity contribution in [2.24, 2.45) is 7.05 Å². The number of carboxylic acid groups (broad SMARTS) is 1. The van der Waals surface area contributed by atoms with E-state index in [0.717, 1.165) is 27.0 Å². The lowest BCUT2D eigenvalue weighted by Crippen LogP contribution is -2.12. The van der Waals surface area contributed by atoms with Crippen LogP contribution >= 0.6 is 22.7 Å². The summed E-state index contributed by atoms with van der Waals surface area (Å²) in [6.45, 7) is 3.87. The van der Waals surface area contributed by atoms with E-state index >= 15 is 0 Å². The largest absolute Gasteiger partial charge is 0.478 e. The molecule has 0 atom stereocenters. The summed E-state index contributed by atoms with van der Waals surface area (Å²) in [5.41, 5.74) is 3.19. The summed E-state index contributed by atoms with van der Waals surface area (Å²) in [5.74, 6) is -1.39. The fraction of sp³-hybridized carbons (Fsp3) is 0.150. The fourth-order valence-electron chi connectivity index (χ4n) is 3.08. The quantitative estimate of drug-likeness (QED) is 0.499. The number of carbonyl (C=O) groups is 2. The molecule has 4 rings (SSSR count). The number of fused-ring (bicyclic) bond motifs is 1. The molecule has 3 heterocycles. The molecule has 0 spiro atoms. The average molecular weight is 412 g/mol. The summed E-state index contributed by atoms with van der Waals surface area (Å²) in [6, 6.07) is 9.45. The van der Waals surface area contributed by atoms with Crippen LogP contribution in [-0.2, 0) is 7.05 Å². The molecule has 0 fully saturated rings. The SMILES string of the molecule is Cc1ccc(-c2scc(NC(=O)c3cc4c(C)nn(C)c4s3)c2C(=O)O)cc1. The summed E-state index contributed by atoms with van der Waals surface area (Å²) < 4.78 is 1.74. The number of aromatic carboxylic acids is 1. The maximum absolute atomic E-state index is 12.8. The number of anilines is 1. The predicted octanol–water partition coefficient (Wildman–Crippen LogP) is 4.93. The molecular weight excluding hydrogens is 394 g/mol. The van der Waals surface area contributed by atoms with Crippen LogP contribution in [0.25, 0.3) is 20.7 Å². The number of thiophene rings is 2. The van der Waals surface area contributed by atoms with Crippen LogP contribution in [0, 0.1) is 13.8 Å². The van der Waals surface area contributed by atoms with Crippen molar-refractivity contribution >= 4 is 50.5 Å². The number of nitrogens with one attached hydrogen (secondary N) is 1. The molecule has 0 unspecified atom stereocenters. The Bertz CT molecular complexity index is 1180. The standard InChI is InChI=1S/C20H17N3O3S2/c1-10-4-6-12(7-5-10)17-16(20(25)26)14(9-27-17)21-18(24)15-8-13-11(2)22-23(3)19(13)28-15/h4-9H,1-3H3,(H,21,24)(H,25,26). The van der Waals surface area contributed by atoms with Gasteiger partial charge in [0, 0.05) is 17.8 Å². The van der Waals surface area contributed by atoms with E-state index in [1.807, 2.05) is 45.2 Å². The Balaban J connectivity index is 1.68. The number of aromatic nitrogens is 2. The molecule has 8 heteroatoms. The summed E-state index contributed by atoms with van der Waals surface area (Å²) in [4.78, 5) is 26.7. The van der Waals surface area contributed by atoms with Gasteiger partial charge in [-0.3, -0.25) is 9.48 Å². The third-order valence-electron chi connectivity index (χ3n) is 4.49. The van der Waals surface area contributed by atoms with Gasteiger partial charge in [-0.1, -0.05) is 29.8 Å². The van der Waals surface area contributed by atoms with Crippen LogP contribution in [0.4, 0.5) is 5.69 Å². The van der Waals surface area contributed by atoms with Crippen molar-refractivity contribution in [1.29, 1.82) is 0 Å². The highest BCUT2D eigenvalue weighted by molar-refractivity contribution is 7.20. The Kier molecular flexibility index (Phi) is 4.52. The molecule has 4 aromatic rings. The summed E-state index contributed by atoms with van der Waals surface area (Å²) in [7, 11) is 1.84. The van der Waals surface area contributed by atoms with Crippen LogP contribution in [0.15, 0.2) is 35.7 Å². The van der Waals surface area contributed by atoms with Crippen LogP contribution in [0.5, 0.6) is 0 Å². The molecule has 0 aliphatic rings. The average Bonchev–Trinajstić information content (AvgIpc) is 3.32. The van der Waals surface area contributed by atoms with Gasteiger partial charge in [0.2, 0.25) is 0 Å². The summed E-state index contributed by atoms with van der Waals surface area (Å²) in [5, 5.41) is 19.4. The first-order valence-corrected chi connectivity index (χ1v) is 10.2. The van der Waals surface area contributed by atoms with Crippen molar-refractivity contribution in [3.63, 3.8) is 0 Å². The van der Waals surface area contributed by atoms with Crippen molar-refractivity contribution in [2.45, 2.75) is 13.8 Å². The van der Waals surface area contributed by atoms with Crippen LogP contribution < -0.4 is 5.32 Å². The van der Waals surface area contributed by atoms with Gasteiger partial charge >= 0.3 is 5.97 Å². The molecule has 0 radical (unpaired) electrons. The molecule has 3 aromatic heterocycles. The smallest absolute Gasteiger partial charge is 0.339 e. The number of rotatable bonds is 4. The lowest BCUT2D eigenvalue weighted by Gasteiger charge is -2.05. The van der Waals surface area contributed by atoms with Gasteiger partial charge in [-0.25, -0.2) is 4.79 Å². The Morgan fingerprint density at radius 3 is 2.54 bits per heavy atom. The molecule has 6 nitrogen and oxygen atoms in total. The number of hydrogen-bond donors (Lipinski definition) is 2. The minimum absolute atomic E-state index is 0.112. The van der Waals surface area contributed by atoms with Crippen molar-refractivity contribution in [2.75, 3.05) is 5.32 Å². The second-order valence-electron chi connectivity index (χ2n) is 6.52. The third-order valence-corrected chi connectivity index (χ3v) is 6.72. The van der Waals surface area contributed by atoms with E-state index in [0.29, 0.717) is 15.4 Å². The summed E-state index contributed by atoms with van der Waals surface area (Å²) in [6.07, 6.45) is 0. The van der Waals surface area contributed by atoms with Crippen LogP contribution in [0.2, 0.25) is 0 Å². The number of nitrogens with zero attached hydrogens (tertiary/aromatic N) is 2. The van der Waals surface area contributed by atoms with Crippen molar-refractivity contribution < 1.29 is 14.7 Å². The van der Waals surface area contributed by atoms with E-state index in [1.165, 1.54) is 22.7 Å². The fourth-order valence-corrected chi connectivity index (χ4v) is 5.10. The number of amides is 1. The van der Waals surface area contributed by atoms with Gasteiger partial charge in [0.05, 0.1) is 21.1 Å². The van der Waals surface area contributed by atoms with Crippen molar-refractivity contribution in [3.8, 4) is 10.4 Å². The Labute approximate surface area is 169 Å². The van der Waals surface area contributed by atoms with Gasteiger partial charge in [-0.05, 0) is 25.5 Å². The van der Waals surface area contributed by atoms with Gasteiger partial charge in [0.1, 0.15) is 10.4 Å². The second kappa shape index (κ2) is 6.88. The number of carbonyl (C=O) groups excluding carboxylic acids is 1. The zero-order valence-corrected chi connectivity index (χ0v) is 17.1. The monoisotopic (exact) mass is 411 g/mol. The van der Waals surface area contributed by atoms with E-state index in [9.17, 15) is 14.7 Å². The normalized spacial score (nSPS) is 11.1. The minimum atomic E-state index is -1.07. The van der Waals surface area contributed by atoms with Crippen molar-refractivity contribution in [1.82, 2.24) is 9.78 Å². The zero-order chi connectivity index (χ0) is 20.0. The topological polar surface area (TPSA) is 84.2 Å². The van der Waals surface area contributed by atoms with E-state index in [-0.39, 0.29) is 11.5 Å². The molecule has 0 aliphatic carbocycles. The Hall–Kier alpha value is -2.97. The molecule has 0 saturated carbocycles. The molecular formula is C20H17N3O3S2. The van der Waals surface area contributed by atoms with E-state index in [1.54, 1.807) is 16.1 Å². The molecule has 1 amide bonds. The molecule has 0 saturated heterocycles. The highest BCUT2D eigenvalue weighted by Gasteiger charge is 2.22. The van der Waals surface area contributed by atoms with E-state index < -0.39 is 5.97 Å². The van der Waals surface area contributed by atoms with E-state index in [2.05, 4.69) is 10.4 Å². The lowest BCUT2D eigenvalue weighted by atomic mass is 10.1. The van der Waals surface area contributed by atoms with Gasteiger partial charge in [-0.15, -0.1) is 22.7 Å². The van der Waals surface area contributed by atoms with Gasteiger partial charge in [-0.2, -0.15) is 5.10 Å². The maximum Gasteiger partial charge on any atom is 0.339 e. The number of carboxylic acids is 1. The highest BCUT2D eigenvalue weighted by Crippen LogP contribution is 2.37. The number of aryl methyl sites for hydroxylation is 3. The molecule has 28 heavy (non-hydrogen) atoms. The lowest BCUT2D eigenvalue weighted by molar-refractivity contribution is 0.0699. The molecule has 0 aliphatic heterocycles. The molecule has 142 valence electrons. The van der Waals surface area contributed by atoms with Crippen LogP contribution in [-0.4, -0.2) is 26.8 Å². The van der Waals surface area contributed by atoms with Gasteiger partial charge in [0.15, 0.2) is 0 Å². The minimum Gasteiger partial charge on any atom is -0.478 e. The van der Waals surface area contributed by atoms with Crippen LogP contribution in [0.1, 0.15) is 31.3 Å². The van der Waals surface area contributed by atoms with Crippen LogP contribution in [0.3, 0.4) is 0 Å².